The molecule has 4 nitrogen and oxygen atoms in total. The van der Waals surface area contributed by atoms with Crippen molar-refractivity contribution < 1.29 is 19.0 Å². The van der Waals surface area contributed by atoms with Crippen molar-refractivity contribution in [3.8, 4) is 0 Å². The minimum Gasteiger partial charge on any atom is -0.434 e. The molecule has 1 aliphatic heterocycles. The summed E-state index contributed by atoms with van der Waals surface area (Å²) in [4.78, 5) is 10.8. The molecular formula is C8H14O4. The Balaban J connectivity index is 2.08. The van der Waals surface area contributed by atoms with Crippen LogP contribution in [0.2, 0.25) is 0 Å². The first-order chi connectivity index (χ1) is 5.83. The molecule has 0 bridgehead atoms. The molecule has 1 unspecified atom stereocenters. The zero-order chi connectivity index (χ0) is 8.81. The SMILES string of the molecule is CCCOC(=O)OC1CCCO1. The molecule has 0 aromatic carbocycles. The predicted molar refractivity (Wildman–Crippen MR) is 41.7 cm³/mol. The van der Waals surface area contributed by atoms with Gasteiger partial charge in [-0.25, -0.2) is 4.79 Å². The van der Waals surface area contributed by atoms with Crippen LogP contribution >= 0.6 is 0 Å². The van der Waals surface area contributed by atoms with Gasteiger partial charge in [-0.15, -0.1) is 0 Å². The molecule has 1 atom stereocenters. The fourth-order valence-corrected chi connectivity index (χ4v) is 0.968. The highest BCUT2D eigenvalue weighted by Crippen LogP contribution is 2.13. The van der Waals surface area contributed by atoms with Crippen LogP contribution in [0.25, 0.3) is 0 Å². The Morgan fingerprint density at radius 2 is 2.50 bits per heavy atom. The number of hydrogen-bond acceptors (Lipinski definition) is 4. The molecule has 1 saturated heterocycles. The minimum atomic E-state index is -0.622. The van der Waals surface area contributed by atoms with E-state index in [1.165, 1.54) is 0 Å². The average molecular weight is 174 g/mol. The highest BCUT2D eigenvalue weighted by molar-refractivity contribution is 5.59. The molecule has 0 amide bonds. The van der Waals surface area contributed by atoms with Gasteiger partial charge in [-0.3, -0.25) is 0 Å². The number of rotatable bonds is 3. The third-order valence-corrected chi connectivity index (χ3v) is 1.54. The maximum atomic E-state index is 10.8. The topological polar surface area (TPSA) is 44.8 Å². The molecule has 1 heterocycles. The van der Waals surface area contributed by atoms with Crippen LogP contribution < -0.4 is 0 Å². The van der Waals surface area contributed by atoms with Crippen molar-refractivity contribution in [1.29, 1.82) is 0 Å². The smallest absolute Gasteiger partial charge is 0.434 e. The summed E-state index contributed by atoms with van der Waals surface area (Å²) in [6.07, 6.45) is 1.53. The third kappa shape index (κ3) is 3.09. The van der Waals surface area contributed by atoms with Crippen LogP contribution in [0.1, 0.15) is 26.2 Å². The van der Waals surface area contributed by atoms with Gasteiger partial charge in [0.25, 0.3) is 0 Å². The quantitative estimate of drug-likeness (QED) is 0.611. The number of hydrogen-bond donors (Lipinski definition) is 0. The summed E-state index contributed by atoms with van der Waals surface area (Å²) in [5.41, 5.74) is 0. The van der Waals surface area contributed by atoms with Crippen molar-refractivity contribution in [2.24, 2.45) is 0 Å². The molecule has 1 fully saturated rings. The molecule has 0 aromatic heterocycles. The van der Waals surface area contributed by atoms with E-state index in [1.54, 1.807) is 0 Å². The minimum absolute atomic E-state index is 0.380. The lowest BCUT2D eigenvalue weighted by atomic mass is 10.4. The molecule has 1 aliphatic rings. The second kappa shape index (κ2) is 4.98. The van der Waals surface area contributed by atoms with Gasteiger partial charge in [0.2, 0.25) is 6.29 Å². The monoisotopic (exact) mass is 174 g/mol. The number of ether oxygens (including phenoxy) is 3. The van der Waals surface area contributed by atoms with Gasteiger partial charge < -0.3 is 14.2 Å². The van der Waals surface area contributed by atoms with Crippen LogP contribution in [0.5, 0.6) is 0 Å². The van der Waals surface area contributed by atoms with Gasteiger partial charge in [-0.2, -0.15) is 0 Å². The van der Waals surface area contributed by atoms with Gasteiger partial charge in [0.1, 0.15) is 0 Å². The lowest BCUT2D eigenvalue weighted by Gasteiger charge is -2.10. The van der Waals surface area contributed by atoms with Crippen LogP contribution in [0.4, 0.5) is 4.79 Å². The lowest BCUT2D eigenvalue weighted by molar-refractivity contribution is -0.0916. The van der Waals surface area contributed by atoms with Gasteiger partial charge in [0.15, 0.2) is 0 Å². The molecule has 0 saturated carbocycles. The van der Waals surface area contributed by atoms with Gasteiger partial charge in [-0.1, -0.05) is 6.92 Å². The number of carbonyl (C=O) groups excluding carboxylic acids is 1. The van der Waals surface area contributed by atoms with Gasteiger partial charge >= 0.3 is 6.16 Å². The van der Waals surface area contributed by atoms with Crippen LogP contribution in [0.3, 0.4) is 0 Å². The van der Waals surface area contributed by atoms with Gasteiger partial charge in [-0.05, 0) is 12.8 Å². The summed E-state index contributed by atoms with van der Waals surface area (Å²) in [6, 6.07) is 0. The molecule has 0 N–H and O–H groups in total. The van der Waals surface area contributed by atoms with Crippen LogP contribution in [-0.2, 0) is 14.2 Å². The van der Waals surface area contributed by atoms with E-state index in [4.69, 9.17) is 14.2 Å². The second-order valence-corrected chi connectivity index (χ2v) is 2.66. The predicted octanol–water partition coefficient (Wildman–Crippen LogP) is 1.69. The second-order valence-electron chi connectivity index (χ2n) is 2.66. The fraction of sp³-hybridized carbons (Fsp3) is 0.875. The Morgan fingerprint density at radius 3 is 3.08 bits per heavy atom. The van der Waals surface area contributed by atoms with E-state index < -0.39 is 6.16 Å². The Hall–Kier alpha value is -0.770. The maximum absolute atomic E-state index is 10.8. The first kappa shape index (κ1) is 9.32. The van der Waals surface area contributed by atoms with Crippen LogP contribution in [0, 0.1) is 0 Å². The first-order valence-corrected chi connectivity index (χ1v) is 4.28. The Morgan fingerprint density at radius 1 is 1.67 bits per heavy atom. The average Bonchev–Trinajstić information content (AvgIpc) is 2.53. The van der Waals surface area contributed by atoms with Crippen LogP contribution in [0.15, 0.2) is 0 Å². The van der Waals surface area contributed by atoms with Crippen molar-refractivity contribution in [3.05, 3.63) is 0 Å². The zero-order valence-electron chi connectivity index (χ0n) is 7.25. The maximum Gasteiger partial charge on any atom is 0.510 e. The van der Waals surface area contributed by atoms with E-state index >= 15 is 0 Å². The van der Waals surface area contributed by atoms with Crippen molar-refractivity contribution in [1.82, 2.24) is 0 Å². The molecule has 0 radical (unpaired) electrons. The summed E-state index contributed by atoms with van der Waals surface area (Å²) in [7, 11) is 0. The van der Waals surface area contributed by atoms with Crippen molar-refractivity contribution in [2.45, 2.75) is 32.5 Å². The highest BCUT2D eigenvalue weighted by Gasteiger charge is 2.20. The number of carbonyl (C=O) groups is 1. The standard InChI is InChI=1S/C8H14O4/c1-2-5-11-8(9)12-7-4-3-6-10-7/h7H,2-6H2,1H3. The molecule has 0 aromatic rings. The Labute approximate surface area is 71.8 Å². The molecule has 0 spiro atoms. The molecule has 4 heteroatoms. The molecule has 0 aliphatic carbocycles. The molecular weight excluding hydrogens is 160 g/mol. The molecule has 1 rings (SSSR count). The van der Waals surface area contributed by atoms with Crippen molar-refractivity contribution in [3.63, 3.8) is 0 Å². The summed E-state index contributed by atoms with van der Waals surface area (Å²) in [5.74, 6) is 0. The van der Waals surface area contributed by atoms with Gasteiger partial charge in [0.05, 0.1) is 13.2 Å². The van der Waals surface area contributed by atoms with E-state index in [0.717, 1.165) is 19.3 Å². The van der Waals surface area contributed by atoms with Crippen molar-refractivity contribution in [2.75, 3.05) is 13.2 Å². The van der Waals surface area contributed by atoms with E-state index in [-0.39, 0.29) is 6.29 Å². The summed E-state index contributed by atoms with van der Waals surface area (Å²) >= 11 is 0. The Kier molecular flexibility index (Phi) is 3.87. The largest absolute Gasteiger partial charge is 0.510 e. The van der Waals surface area contributed by atoms with E-state index in [0.29, 0.717) is 13.2 Å². The van der Waals surface area contributed by atoms with Crippen molar-refractivity contribution >= 4 is 6.16 Å². The van der Waals surface area contributed by atoms with Crippen LogP contribution in [-0.4, -0.2) is 25.7 Å². The fourth-order valence-electron chi connectivity index (χ4n) is 0.968. The normalized spacial score (nSPS) is 22.2. The van der Waals surface area contributed by atoms with E-state index in [9.17, 15) is 4.79 Å². The zero-order valence-corrected chi connectivity index (χ0v) is 7.25. The highest BCUT2D eigenvalue weighted by atomic mass is 16.8. The lowest BCUT2D eigenvalue weighted by Crippen LogP contribution is -2.17. The third-order valence-electron chi connectivity index (χ3n) is 1.54. The summed E-state index contributed by atoms with van der Waals surface area (Å²) < 4.78 is 14.6. The summed E-state index contributed by atoms with van der Waals surface area (Å²) in [5, 5.41) is 0. The van der Waals surface area contributed by atoms with E-state index in [2.05, 4.69) is 0 Å². The van der Waals surface area contributed by atoms with E-state index in [1.807, 2.05) is 6.92 Å². The first-order valence-electron chi connectivity index (χ1n) is 4.28. The van der Waals surface area contributed by atoms with Gasteiger partial charge in [0, 0.05) is 6.42 Å². The molecule has 12 heavy (non-hydrogen) atoms. The molecule has 70 valence electrons. The Bertz CT molecular complexity index is 140. The summed E-state index contributed by atoms with van der Waals surface area (Å²) in [6.45, 7) is 3.01.